The van der Waals surface area contributed by atoms with Gasteiger partial charge in [0.2, 0.25) is 0 Å². The Morgan fingerprint density at radius 3 is 2.67 bits per heavy atom. The monoisotopic (exact) mass is 272 g/mol. The molecule has 0 aliphatic carbocycles. The zero-order chi connectivity index (χ0) is 11.5. The molecule has 0 aliphatic rings. The number of hydrogen-bond donors (Lipinski definition) is 2. The molecule has 0 amide bonds. The van der Waals surface area contributed by atoms with E-state index in [1.165, 1.54) is 0 Å². The number of halogens is 1. The average Bonchev–Trinajstić information content (AvgIpc) is 2.16. The molecule has 0 radical (unpaired) electrons. The van der Waals surface area contributed by atoms with E-state index in [9.17, 15) is 9.90 Å². The molecule has 0 aliphatic heterocycles. The van der Waals surface area contributed by atoms with Gasteiger partial charge in [-0.05, 0) is 17.7 Å². The molecule has 2 N–H and O–H groups in total. The lowest BCUT2D eigenvalue weighted by Gasteiger charge is -2.26. The van der Waals surface area contributed by atoms with Gasteiger partial charge in [-0.2, -0.15) is 0 Å². The van der Waals surface area contributed by atoms with Crippen molar-refractivity contribution in [3.05, 3.63) is 34.3 Å². The van der Waals surface area contributed by atoms with Crippen molar-refractivity contribution in [1.82, 2.24) is 0 Å². The van der Waals surface area contributed by atoms with Crippen LogP contribution < -0.4 is 0 Å². The predicted molar refractivity (Wildman–Crippen MR) is 60.8 cm³/mol. The Morgan fingerprint density at radius 1 is 1.53 bits per heavy atom. The van der Waals surface area contributed by atoms with Crippen molar-refractivity contribution in [3.8, 4) is 0 Å². The fourth-order valence-corrected chi connectivity index (χ4v) is 1.85. The van der Waals surface area contributed by atoms with E-state index >= 15 is 0 Å². The first-order valence-electron chi connectivity index (χ1n) is 4.56. The van der Waals surface area contributed by atoms with E-state index in [1.807, 2.05) is 24.3 Å². The van der Waals surface area contributed by atoms with Crippen LogP contribution >= 0.6 is 15.9 Å². The average molecular weight is 273 g/mol. The summed E-state index contributed by atoms with van der Waals surface area (Å²) in [5.74, 6) is -0.911. The molecule has 15 heavy (non-hydrogen) atoms. The van der Waals surface area contributed by atoms with Gasteiger partial charge in [-0.15, -0.1) is 0 Å². The van der Waals surface area contributed by atoms with Gasteiger partial charge in [0.15, 0.2) is 0 Å². The van der Waals surface area contributed by atoms with Gasteiger partial charge < -0.3 is 10.2 Å². The van der Waals surface area contributed by atoms with Crippen LogP contribution in [0.5, 0.6) is 0 Å². The summed E-state index contributed by atoms with van der Waals surface area (Å²) in [5.41, 5.74) is 0.0945. The molecular formula is C11H13BrO3. The smallest absolute Gasteiger partial charge is 0.304 e. The van der Waals surface area contributed by atoms with Gasteiger partial charge in [-0.25, -0.2) is 0 Å². The number of benzene rings is 1. The SMILES string of the molecule is CC(CO)(CC(=O)O)c1cccc(Br)c1. The Kier molecular flexibility index (Phi) is 3.88. The first-order valence-corrected chi connectivity index (χ1v) is 5.36. The van der Waals surface area contributed by atoms with E-state index in [-0.39, 0.29) is 13.0 Å². The number of aliphatic carboxylic acids is 1. The molecule has 0 bridgehead atoms. The minimum atomic E-state index is -0.911. The van der Waals surface area contributed by atoms with Crippen molar-refractivity contribution in [2.24, 2.45) is 0 Å². The summed E-state index contributed by atoms with van der Waals surface area (Å²) in [7, 11) is 0. The second-order valence-corrected chi connectivity index (χ2v) is 4.72. The summed E-state index contributed by atoms with van der Waals surface area (Å²) in [6.07, 6.45) is -0.0834. The van der Waals surface area contributed by atoms with Crippen molar-refractivity contribution in [3.63, 3.8) is 0 Å². The van der Waals surface area contributed by atoms with Crippen molar-refractivity contribution in [2.45, 2.75) is 18.8 Å². The highest BCUT2D eigenvalue weighted by Crippen LogP contribution is 2.29. The maximum Gasteiger partial charge on any atom is 0.304 e. The lowest BCUT2D eigenvalue weighted by molar-refractivity contribution is -0.138. The van der Waals surface area contributed by atoms with Crippen LogP contribution in [0.4, 0.5) is 0 Å². The summed E-state index contributed by atoms with van der Waals surface area (Å²) >= 11 is 3.32. The van der Waals surface area contributed by atoms with E-state index in [0.717, 1.165) is 10.0 Å². The maximum atomic E-state index is 10.7. The van der Waals surface area contributed by atoms with E-state index < -0.39 is 11.4 Å². The van der Waals surface area contributed by atoms with Crippen LogP contribution in [0.25, 0.3) is 0 Å². The van der Waals surface area contributed by atoms with Gasteiger partial charge in [0.25, 0.3) is 0 Å². The van der Waals surface area contributed by atoms with Gasteiger partial charge >= 0.3 is 5.97 Å². The Morgan fingerprint density at radius 2 is 2.20 bits per heavy atom. The van der Waals surface area contributed by atoms with Crippen LogP contribution in [0.15, 0.2) is 28.7 Å². The normalized spacial score (nSPS) is 14.6. The Bertz CT molecular complexity index is 365. The van der Waals surface area contributed by atoms with E-state index in [1.54, 1.807) is 6.92 Å². The quantitative estimate of drug-likeness (QED) is 0.884. The molecule has 0 heterocycles. The molecule has 0 fully saturated rings. The minimum absolute atomic E-state index is 0.0834. The molecule has 1 aromatic rings. The van der Waals surface area contributed by atoms with Crippen molar-refractivity contribution in [1.29, 1.82) is 0 Å². The van der Waals surface area contributed by atoms with Gasteiger partial charge in [0.1, 0.15) is 0 Å². The second kappa shape index (κ2) is 4.77. The van der Waals surface area contributed by atoms with Crippen LogP contribution in [0.2, 0.25) is 0 Å². The van der Waals surface area contributed by atoms with E-state index in [4.69, 9.17) is 5.11 Å². The lowest BCUT2D eigenvalue weighted by atomic mass is 9.80. The van der Waals surface area contributed by atoms with Gasteiger partial charge in [0, 0.05) is 9.89 Å². The molecule has 0 aromatic heterocycles. The molecule has 1 rings (SSSR count). The number of hydrogen-bond acceptors (Lipinski definition) is 2. The van der Waals surface area contributed by atoms with E-state index in [2.05, 4.69) is 15.9 Å². The number of carboxylic acids is 1. The summed E-state index contributed by atoms with van der Waals surface area (Å²) in [6.45, 7) is 1.55. The molecule has 0 saturated heterocycles. The lowest BCUT2D eigenvalue weighted by Crippen LogP contribution is -2.29. The summed E-state index contributed by atoms with van der Waals surface area (Å²) < 4.78 is 0.880. The molecule has 82 valence electrons. The molecule has 1 atom stereocenters. The highest BCUT2D eigenvalue weighted by atomic mass is 79.9. The second-order valence-electron chi connectivity index (χ2n) is 3.80. The highest BCUT2D eigenvalue weighted by molar-refractivity contribution is 9.10. The number of aliphatic hydroxyl groups excluding tert-OH is 1. The molecule has 1 unspecified atom stereocenters. The van der Waals surface area contributed by atoms with Gasteiger partial charge in [-0.3, -0.25) is 4.79 Å². The zero-order valence-corrected chi connectivity index (χ0v) is 9.99. The maximum absolute atomic E-state index is 10.7. The number of aliphatic hydroxyl groups is 1. The van der Waals surface area contributed by atoms with Crippen LogP contribution in [0.3, 0.4) is 0 Å². The summed E-state index contributed by atoms with van der Waals surface area (Å²) in [5, 5.41) is 18.1. The molecule has 4 heteroatoms. The Hall–Kier alpha value is -0.870. The van der Waals surface area contributed by atoms with Crippen LogP contribution in [0.1, 0.15) is 18.9 Å². The van der Waals surface area contributed by atoms with Gasteiger partial charge in [0.05, 0.1) is 13.0 Å². The molecule has 1 aromatic carbocycles. The predicted octanol–water partition coefficient (Wildman–Crippen LogP) is 2.17. The summed E-state index contributed by atoms with van der Waals surface area (Å²) in [6, 6.07) is 7.35. The Labute approximate surface area is 96.9 Å². The fraction of sp³-hybridized carbons (Fsp3) is 0.364. The third-order valence-electron chi connectivity index (χ3n) is 2.41. The molecule has 3 nitrogen and oxygen atoms in total. The van der Waals surface area contributed by atoms with Crippen LogP contribution in [-0.4, -0.2) is 22.8 Å². The summed E-state index contributed by atoms with van der Waals surface area (Å²) in [4.78, 5) is 10.7. The fourth-order valence-electron chi connectivity index (χ4n) is 1.45. The Balaban J connectivity index is 3.05. The number of carboxylic acid groups (broad SMARTS) is 1. The molecular weight excluding hydrogens is 260 g/mol. The topological polar surface area (TPSA) is 57.5 Å². The zero-order valence-electron chi connectivity index (χ0n) is 8.40. The third kappa shape index (κ3) is 3.04. The molecule has 0 saturated carbocycles. The van der Waals surface area contributed by atoms with Crippen molar-refractivity contribution >= 4 is 21.9 Å². The number of rotatable bonds is 4. The largest absolute Gasteiger partial charge is 0.481 e. The van der Waals surface area contributed by atoms with Crippen molar-refractivity contribution in [2.75, 3.05) is 6.61 Å². The third-order valence-corrected chi connectivity index (χ3v) is 2.91. The minimum Gasteiger partial charge on any atom is -0.481 e. The highest BCUT2D eigenvalue weighted by Gasteiger charge is 2.28. The van der Waals surface area contributed by atoms with Crippen LogP contribution in [-0.2, 0) is 10.2 Å². The first kappa shape index (κ1) is 12.2. The molecule has 0 spiro atoms. The van der Waals surface area contributed by atoms with E-state index in [0.29, 0.717) is 0 Å². The first-order chi connectivity index (χ1) is 6.98. The number of carbonyl (C=O) groups is 1. The van der Waals surface area contributed by atoms with Crippen LogP contribution in [0, 0.1) is 0 Å². The van der Waals surface area contributed by atoms with Crippen molar-refractivity contribution < 1.29 is 15.0 Å². The standard InChI is InChI=1S/C11H13BrO3/c1-11(7-13,6-10(14)15)8-3-2-4-9(12)5-8/h2-5,13H,6-7H2,1H3,(H,14,15). The van der Waals surface area contributed by atoms with Gasteiger partial charge in [-0.1, -0.05) is 35.0 Å².